The van der Waals surface area contributed by atoms with E-state index in [1.54, 1.807) is 6.26 Å². The fraction of sp³-hybridized carbons (Fsp3) is 0.667. The summed E-state index contributed by atoms with van der Waals surface area (Å²) in [4.78, 5) is 4.36. The van der Waals surface area contributed by atoms with Gasteiger partial charge in [-0.25, -0.2) is 4.98 Å². The van der Waals surface area contributed by atoms with Crippen molar-refractivity contribution in [3.63, 3.8) is 0 Å². The second-order valence-electron chi connectivity index (χ2n) is 3.28. The molecule has 0 saturated carbocycles. The molecule has 1 aromatic rings. The first-order chi connectivity index (χ1) is 6.40. The van der Waals surface area contributed by atoms with Crippen LogP contribution in [-0.4, -0.2) is 24.7 Å². The summed E-state index contributed by atoms with van der Waals surface area (Å²) in [5.41, 5.74) is 6.37. The zero-order chi connectivity index (χ0) is 9.10. The number of nitrogens with two attached hydrogens (primary N) is 1. The van der Waals surface area contributed by atoms with Gasteiger partial charge < -0.3 is 14.9 Å². The highest BCUT2D eigenvalue weighted by Gasteiger charge is 2.22. The zero-order valence-corrected chi connectivity index (χ0v) is 7.53. The van der Waals surface area contributed by atoms with Crippen molar-refractivity contribution in [3.8, 4) is 0 Å². The molecule has 1 unspecified atom stereocenters. The van der Waals surface area contributed by atoms with Gasteiger partial charge in [0.2, 0.25) is 0 Å². The predicted molar refractivity (Wildman–Crippen MR) is 47.4 cm³/mol. The van der Waals surface area contributed by atoms with Crippen LogP contribution in [0.25, 0.3) is 0 Å². The number of oxazole rings is 1. The van der Waals surface area contributed by atoms with Gasteiger partial charge in [-0.1, -0.05) is 0 Å². The summed E-state index contributed by atoms with van der Waals surface area (Å²) in [5, 5.41) is 0. The van der Waals surface area contributed by atoms with Crippen LogP contribution >= 0.6 is 0 Å². The molecule has 2 heterocycles. The third-order valence-electron chi connectivity index (χ3n) is 2.25. The second-order valence-corrected chi connectivity index (χ2v) is 3.28. The molecular weight excluding hydrogens is 168 g/mol. The first kappa shape index (κ1) is 8.72. The molecule has 1 aromatic heterocycles. The Balaban J connectivity index is 2.03. The molecule has 2 rings (SSSR count). The molecule has 1 aliphatic heterocycles. The maximum absolute atomic E-state index is 5.42. The van der Waals surface area contributed by atoms with Gasteiger partial charge in [0.15, 0.2) is 5.89 Å². The van der Waals surface area contributed by atoms with Gasteiger partial charge >= 0.3 is 0 Å². The van der Waals surface area contributed by atoms with Crippen molar-refractivity contribution in [2.45, 2.75) is 18.8 Å². The Morgan fingerprint density at radius 3 is 3.23 bits per heavy atom. The van der Waals surface area contributed by atoms with Crippen molar-refractivity contribution in [2.24, 2.45) is 5.73 Å². The molecule has 4 heteroatoms. The Kier molecular flexibility index (Phi) is 2.61. The van der Waals surface area contributed by atoms with E-state index in [0.29, 0.717) is 12.5 Å². The van der Waals surface area contributed by atoms with Gasteiger partial charge in [-0.15, -0.1) is 0 Å². The summed E-state index contributed by atoms with van der Waals surface area (Å²) in [7, 11) is 0. The minimum atomic E-state index is 0.353. The van der Waals surface area contributed by atoms with Crippen molar-refractivity contribution < 1.29 is 9.15 Å². The van der Waals surface area contributed by atoms with E-state index in [-0.39, 0.29) is 0 Å². The van der Waals surface area contributed by atoms with Crippen LogP contribution in [0.5, 0.6) is 0 Å². The van der Waals surface area contributed by atoms with Crippen LogP contribution in [0.15, 0.2) is 10.7 Å². The standard InChI is InChI=1S/C9H14N2O2/c10-3-1-8-6-13-9(11-8)7-2-4-12-5-7/h6-7H,1-5,10H2. The molecule has 4 nitrogen and oxygen atoms in total. The van der Waals surface area contributed by atoms with Gasteiger partial charge in [0, 0.05) is 13.0 Å². The van der Waals surface area contributed by atoms with Crippen LogP contribution in [0.2, 0.25) is 0 Å². The van der Waals surface area contributed by atoms with Gasteiger partial charge in [0.1, 0.15) is 6.26 Å². The van der Waals surface area contributed by atoms with Crippen molar-refractivity contribution in [1.82, 2.24) is 4.98 Å². The summed E-state index contributed by atoms with van der Waals surface area (Å²) in [6, 6.07) is 0. The monoisotopic (exact) mass is 182 g/mol. The first-order valence-corrected chi connectivity index (χ1v) is 4.62. The molecule has 1 saturated heterocycles. The number of hydrogen-bond donors (Lipinski definition) is 1. The van der Waals surface area contributed by atoms with Crippen LogP contribution in [0.4, 0.5) is 0 Å². The lowest BCUT2D eigenvalue weighted by Crippen LogP contribution is -2.03. The summed E-state index contributed by atoms with van der Waals surface area (Å²) in [5.74, 6) is 1.16. The number of nitrogens with zero attached hydrogens (tertiary/aromatic N) is 1. The van der Waals surface area contributed by atoms with E-state index in [4.69, 9.17) is 14.9 Å². The smallest absolute Gasteiger partial charge is 0.199 e. The van der Waals surface area contributed by atoms with E-state index in [9.17, 15) is 0 Å². The highest BCUT2D eigenvalue weighted by molar-refractivity contribution is 5.02. The number of rotatable bonds is 3. The number of ether oxygens (including phenoxy) is 1. The Morgan fingerprint density at radius 2 is 2.54 bits per heavy atom. The van der Waals surface area contributed by atoms with Gasteiger partial charge in [-0.2, -0.15) is 0 Å². The van der Waals surface area contributed by atoms with E-state index in [1.165, 1.54) is 0 Å². The second kappa shape index (κ2) is 3.89. The largest absolute Gasteiger partial charge is 0.448 e. The third kappa shape index (κ3) is 1.89. The van der Waals surface area contributed by atoms with Crippen molar-refractivity contribution in [3.05, 3.63) is 17.8 Å². The van der Waals surface area contributed by atoms with Crippen LogP contribution in [-0.2, 0) is 11.2 Å². The van der Waals surface area contributed by atoms with Crippen molar-refractivity contribution >= 4 is 0 Å². The molecule has 0 spiro atoms. The highest BCUT2D eigenvalue weighted by Crippen LogP contribution is 2.24. The molecule has 0 aromatic carbocycles. The zero-order valence-electron chi connectivity index (χ0n) is 7.53. The minimum absolute atomic E-state index is 0.353. The molecule has 0 bridgehead atoms. The Hall–Kier alpha value is -0.870. The maximum Gasteiger partial charge on any atom is 0.199 e. The van der Waals surface area contributed by atoms with E-state index in [2.05, 4.69) is 4.98 Å². The molecule has 1 aliphatic rings. The Morgan fingerprint density at radius 1 is 1.62 bits per heavy atom. The van der Waals surface area contributed by atoms with Gasteiger partial charge in [-0.3, -0.25) is 0 Å². The van der Waals surface area contributed by atoms with Gasteiger partial charge in [0.05, 0.1) is 18.2 Å². The lowest BCUT2D eigenvalue weighted by atomic mass is 10.1. The molecule has 0 amide bonds. The SMILES string of the molecule is NCCc1coc(C2CCOC2)n1. The lowest BCUT2D eigenvalue weighted by molar-refractivity contribution is 0.190. The minimum Gasteiger partial charge on any atom is -0.448 e. The molecule has 0 radical (unpaired) electrons. The summed E-state index contributed by atoms with van der Waals surface area (Å²) >= 11 is 0. The van der Waals surface area contributed by atoms with Crippen molar-refractivity contribution in [1.29, 1.82) is 0 Å². The van der Waals surface area contributed by atoms with E-state index in [1.807, 2.05) is 0 Å². The first-order valence-electron chi connectivity index (χ1n) is 4.62. The molecule has 1 atom stereocenters. The third-order valence-corrected chi connectivity index (χ3v) is 2.25. The topological polar surface area (TPSA) is 61.3 Å². The quantitative estimate of drug-likeness (QED) is 0.746. The predicted octanol–water partition coefficient (Wildman–Crippen LogP) is 0.680. The average Bonchev–Trinajstić information content (AvgIpc) is 2.70. The van der Waals surface area contributed by atoms with Crippen LogP contribution in [0.3, 0.4) is 0 Å². The molecule has 2 N–H and O–H groups in total. The average molecular weight is 182 g/mol. The summed E-state index contributed by atoms with van der Waals surface area (Å²) in [6.45, 7) is 2.18. The van der Waals surface area contributed by atoms with E-state index < -0.39 is 0 Å². The van der Waals surface area contributed by atoms with Crippen molar-refractivity contribution in [2.75, 3.05) is 19.8 Å². The van der Waals surface area contributed by atoms with E-state index in [0.717, 1.165) is 37.6 Å². The molecular formula is C9H14N2O2. The van der Waals surface area contributed by atoms with Crippen LogP contribution in [0, 0.1) is 0 Å². The van der Waals surface area contributed by atoms with E-state index >= 15 is 0 Å². The normalized spacial score (nSPS) is 22.4. The fourth-order valence-corrected chi connectivity index (χ4v) is 1.50. The Bertz CT molecular complexity index is 266. The lowest BCUT2D eigenvalue weighted by Gasteiger charge is -1.98. The Labute approximate surface area is 77.1 Å². The fourth-order valence-electron chi connectivity index (χ4n) is 1.50. The maximum atomic E-state index is 5.42. The molecule has 72 valence electrons. The molecule has 1 fully saturated rings. The molecule has 0 aliphatic carbocycles. The van der Waals surface area contributed by atoms with Crippen LogP contribution < -0.4 is 5.73 Å². The number of hydrogen-bond acceptors (Lipinski definition) is 4. The number of aromatic nitrogens is 1. The summed E-state index contributed by atoms with van der Waals surface area (Å²) in [6.07, 6.45) is 3.50. The highest BCUT2D eigenvalue weighted by atomic mass is 16.5. The molecule has 13 heavy (non-hydrogen) atoms. The summed E-state index contributed by atoms with van der Waals surface area (Å²) < 4.78 is 10.6. The van der Waals surface area contributed by atoms with Crippen LogP contribution in [0.1, 0.15) is 23.9 Å². The van der Waals surface area contributed by atoms with Gasteiger partial charge in [0.25, 0.3) is 0 Å². The van der Waals surface area contributed by atoms with Gasteiger partial charge in [-0.05, 0) is 13.0 Å².